The molecule has 1 atom stereocenters. The van der Waals surface area contributed by atoms with Crippen molar-refractivity contribution < 1.29 is 18.3 Å². The second kappa shape index (κ2) is 9.98. The van der Waals surface area contributed by atoms with Gasteiger partial charge in [-0.05, 0) is 31.3 Å². The van der Waals surface area contributed by atoms with E-state index in [1.165, 1.54) is 30.6 Å². The summed E-state index contributed by atoms with van der Waals surface area (Å²) in [4.78, 5) is 27.0. The molecule has 1 N–H and O–H groups in total. The number of fused-ring (bicyclic) bond motifs is 2. The van der Waals surface area contributed by atoms with Crippen LogP contribution in [0.15, 0.2) is 60.9 Å². The normalized spacial score (nSPS) is 17.7. The smallest absolute Gasteiger partial charge is 0.255 e. The van der Waals surface area contributed by atoms with Crippen molar-refractivity contribution in [2.45, 2.75) is 12.5 Å². The van der Waals surface area contributed by atoms with Gasteiger partial charge < -0.3 is 19.9 Å². The van der Waals surface area contributed by atoms with E-state index in [9.17, 15) is 13.6 Å². The number of para-hydroxylation sites is 1. The average Bonchev–Trinajstić information content (AvgIpc) is 2.93. The van der Waals surface area contributed by atoms with E-state index in [4.69, 9.17) is 4.74 Å². The Hall–Kier alpha value is -4.11. The predicted molar refractivity (Wildman–Crippen MR) is 141 cm³/mol. The highest BCUT2D eigenvalue weighted by atomic mass is 19.1. The maximum Gasteiger partial charge on any atom is 0.255 e. The first-order valence-electron chi connectivity index (χ1n) is 12.7. The van der Waals surface area contributed by atoms with Crippen molar-refractivity contribution in [3.63, 3.8) is 0 Å². The van der Waals surface area contributed by atoms with Crippen molar-refractivity contribution in [2.24, 2.45) is 0 Å². The Bertz CT molecular complexity index is 1500. The predicted octanol–water partition coefficient (Wildman–Crippen LogP) is 4.58. The van der Waals surface area contributed by atoms with Gasteiger partial charge in [-0.25, -0.2) is 8.78 Å². The fraction of sp³-hybridized carbons (Fsp3) is 0.276. The number of aromatic nitrogens is 2. The van der Waals surface area contributed by atoms with E-state index in [1.54, 1.807) is 6.07 Å². The maximum absolute atomic E-state index is 14.8. The summed E-state index contributed by atoms with van der Waals surface area (Å²) in [6.07, 6.45) is 3.66. The van der Waals surface area contributed by atoms with E-state index >= 15 is 0 Å². The Kier molecular flexibility index (Phi) is 6.37. The zero-order valence-electron chi connectivity index (χ0n) is 21.0. The molecule has 0 radical (unpaired) electrons. The Labute approximate surface area is 219 Å². The summed E-state index contributed by atoms with van der Waals surface area (Å²) in [5.41, 5.74) is 2.27. The molecule has 0 unspecified atom stereocenters. The monoisotopic (exact) mass is 515 g/mol. The molecule has 9 heteroatoms. The summed E-state index contributed by atoms with van der Waals surface area (Å²) in [6, 6.07) is 13.0. The standard InChI is InChI=1S/C29H27F2N5O2/c1-35-12-14-36(15-13-35)28-19-9-11-32-27(25-21(30)6-4-7-22(25)31)26(19)33-17-20(28)29(37)34-23-10-16-38-24-8-3-2-5-18(23)24/h2-9,11,17,23H,10,12-16H2,1H3,(H,34,37)/t23-/m0/s1. The van der Waals surface area contributed by atoms with Crippen molar-refractivity contribution in [3.05, 3.63) is 83.7 Å². The first kappa shape index (κ1) is 24.2. The summed E-state index contributed by atoms with van der Waals surface area (Å²) in [5.74, 6) is -0.922. The molecular formula is C29H27F2N5O2. The number of carbonyl (C=O) groups excluding carboxylic acids is 1. The molecule has 2 aliphatic heterocycles. The number of amides is 1. The Morgan fingerprint density at radius 2 is 1.76 bits per heavy atom. The third-order valence-corrected chi connectivity index (χ3v) is 7.28. The minimum Gasteiger partial charge on any atom is -0.493 e. The molecule has 6 rings (SSSR count). The minimum atomic E-state index is -0.715. The van der Waals surface area contributed by atoms with E-state index in [0.717, 1.165) is 24.4 Å². The van der Waals surface area contributed by atoms with E-state index in [2.05, 4.69) is 32.1 Å². The molecule has 0 bridgehead atoms. The molecule has 4 heterocycles. The van der Waals surface area contributed by atoms with Crippen LogP contribution in [0.25, 0.3) is 22.2 Å². The number of likely N-dealkylation sites (N-methyl/N-ethyl adjacent to an activating group) is 1. The van der Waals surface area contributed by atoms with Crippen molar-refractivity contribution >= 4 is 22.5 Å². The van der Waals surface area contributed by atoms with Crippen molar-refractivity contribution in [1.82, 2.24) is 20.2 Å². The minimum absolute atomic E-state index is 0.110. The number of hydrogen-bond acceptors (Lipinski definition) is 6. The number of benzene rings is 2. The largest absolute Gasteiger partial charge is 0.493 e. The molecule has 1 amide bonds. The molecule has 2 aromatic heterocycles. The summed E-state index contributed by atoms with van der Waals surface area (Å²) in [5, 5.41) is 3.80. The van der Waals surface area contributed by atoms with Crippen LogP contribution in [0, 0.1) is 11.6 Å². The molecular weight excluding hydrogens is 488 g/mol. The number of rotatable bonds is 4. The van der Waals surface area contributed by atoms with Crippen LogP contribution < -0.4 is 15.0 Å². The van der Waals surface area contributed by atoms with Gasteiger partial charge in [0.1, 0.15) is 23.1 Å². The van der Waals surface area contributed by atoms with Gasteiger partial charge >= 0.3 is 0 Å². The molecule has 7 nitrogen and oxygen atoms in total. The fourth-order valence-corrected chi connectivity index (χ4v) is 5.28. The average molecular weight is 516 g/mol. The molecule has 38 heavy (non-hydrogen) atoms. The molecule has 194 valence electrons. The van der Waals surface area contributed by atoms with Crippen molar-refractivity contribution in [1.29, 1.82) is 0 Å². The first-order valence-corrected chi connectivity index (χ1v) is 12.7. The van der Waals surface area contributed by atoms with Gasteiger partial charge in [0.05, 0.1) is 35.0 Å². The maximum atomic E-state index is 14.8. The lowest BCUT2D eigenvalue weighted by Crippen LogP contribution is -2.45. The van der Waals surface area contributed by atoms with Crippen LogP contribution in [0.5, 0.6) is 5.75 Å². The molecule has 0 saturated carbocycles. The van der Waals surface area contributed by atoms with Crippen LogP contribution in [-0.2, 0) is 0 Å². The van der Waals surface area contributed by atoms with Gasteiger partial charge in [-0.3, -0.25) is 14.8 Å². The van der Waals surface area contributed by atoms with Gasteiger partial charge in [0.25, 0.3) is 5.91 Å². The number of ether oxygens (including phenoxy) is 1. The third-order valence-electron chi connectivity index (χ3n) is 7.28. The highest BCUT2D eigenvalue weighted by Crippen LogP contribution is 2.37. The number of piperazine rings is 1. The topological polar surface area (TPSA) is 70.6 Å². The zero-order chi connectivity index (χ0) is 26.2. The van der Waals surface area contributed by atoms with Crippen LogP contribution in [0.2, 0.25) is 0 Å². The second-order valence-corrected chi connectivity index (χ2v) is 9.66. The number of carbonyl (C=O) groups is 1. The first-order chi connectivity index (χ1) is 18.5. The fourth-order valence-electron chi connectivity index (χ4n) is 5.28. The number of halogens is 2. The second-order valence-electron chi connectivity index (χ2n) is 9.66. The molecule has 2 aliphatic rings. The van der Waals surface area contributed by atoms with Crippen LogP contribution in [-0.4, -0.2) is 60.6 Å². The number of nitrogens with one attached hydrogen (secondary N) is 1. The number of nitrogens with zero attached hydrogens (tertiary/aromatic N) is 4. The lowest BCUT2D eigenvalue weighted by Gasteiger charge is -2.36. The SMILES string of the molecule is CN1CCN(c2c(C(=O)N[C@H]3CCOc4ccccc43)cnc3c(-c4c(F)cccc4F)nccc23)CC1. The van der Waals surface area contributed by atoms with Gasteiger partial charge in [0.15, 0.2) is 0 Å². The molecule has 1 saturated heterocycles. The van der Waals surface area contributed by atoms with E-state index in [1.807, 2.05) is 24.3 Å². The Morgan fingerprint density at radius 3 is 2.55 bits per heavy atom. The quantitative estimate of drug-likeness (QED) is 0.429. The Morgan fingerprint density at radius 1 is 1.00 bits per heavy atom. The van der Waals surface area contributed by atoms with Crippen molar-refractivity contribution in [2.75, 3.05) is 44.7 Å². The Balaban J connectivity index is 1.47. The van der Waals surface area contributed by atoms with E-state index in [0.29, 0.717) is 48.3 Å². The van der Waals surface area contributed by atoms with Gasteiger partial charge in [0, 0.05) is 55.9 Å². The highest BCUT2D eigenvalue weighted by Gasteiger charge is 2.28. The number of anilines is 1. The van der Waals surface area contributed by atoms with Crippen LogP contribution >= 0.6 is 0 Å². The lowest BCUT2D eigenvalue weighted by molar-refractivity contribution is 0.0925. The van der Waals surface area contributed by atoms with E-state index in [-0.39, 0.29) is 23.2 Å². The zero-order valence-corrected chi connectivity index (χ0v) is 21.0. The molecule has 2 aromatic carbocycles. The summed E-state index contributed by atoms with van der Waals surface area (Å²) >= 11 is 0. The number of hydrogen-bond donors (Lipinski definition) is 1. The molecule has 0 aliphatic carbocycles. The summed E-state index contributed by atoms with van der Waals surface area (Å²) < 4.78 is 35.3. The van der Waals surface area contributed by atoms with Gasteiger partial charge in [-0.1, -0.05) is 24.3 Å². The summed E-state index contributed by atoms with van der Waals surface area (Å²) in [7, 11) is 2.06. The number of pyridine rings is 2. The van der Waals surface area contributed by atoms with Crippen molar-refractivity contribution in [3.8, 4) is 17.0 Å². The van der Waals surface area contributed by atoms with Crippen LogP contribution in [0.4, 0.5) is 14.5 Å². The molecule has 1 fully saturated rings. The van der Waals surface area contributed by atoms with Crippen LogP contribution in [0.1, 0.15) is 28.4 Å². The van der Waals surface area contributed by atoms with Crippen LogP contribution in [0.3, 0.4) is 0 Å². The van der Waals surface area contributed by atoms with Gasteiger partial charge in [0.2, 0.25) is 0 Å². The van der Waals surface area contributed by atoms with Gasteiger partial charge in [-0.2, -0.15) is 0 Å². The van der Waals surface area contributed by atoms with Gasteiger partial charge in [-0.15, -0.1) is 0 Å². The third kappa shape index (κ3) is 4.32. The van der Waals surface area contributed by atoms with E-state index < -0.39 is 11.6 Å². The molecule has 4 aromatic rings. The summed E-state index contributed by atoms with van der Waals surface area (Å²) in [6.45, 7) is 3.53. The highest BCUT2D eigenvalue weighted by molar-refractivity contribution is 6.09. The molecule has 0 spiro atoms. The lowest BCUT2D eigenvalue weighted by atomic mass is 9.99.